The van der Waals surface area contributed by atoms with E-state index in [9.17, 15) is 9.90 Å². The van der Waals surface area contributed by atoms with Gasteiger partial charge in [0.05, 0.1) is 12.2 Å². The summed E-state index contributed by atoms with van der Waals surface area (Å²) in [7, 11) is 0. The number of hydrogen-bond acceptors (Lipinski definition) is 4. The topological polar surface area (TPSA) is 55.8 Å². The number of phenols is 1. The molecule has 0 heterocycles. The average Bonchev–Trinajstić information content (AvgIpc) is 2.62. The van der Waals surface area contributed by atoms with Gasteiger partial charge in [-0.3, -0.25) is 0 Å². The van der Waals surface area contributed by atoms with E-state index in [4.69, 9.17) is 9.47 Å². The van der Waals surface area contributed by atoms with E-state index in [1.807, 2.05) is 0 Å². The van der Waals surface area contributed by atoms with E-state index >= 15 is 0 Å². The van der Waals surface area contributed by atoms with Crippen molar-refractivity contribution in [3.63, 3.8) is 0 Å². The molecular weight excluding hydrogens is 316 g/mol. The van der Waals surface area contributed by atoms with Gasteiger partial charge in [-0.25, -0.2) is 4.79 Å². The molecule has 4 heteroatoms. The van der Waals surface area contributed by atoms with Gasteiger partial charge < -0.3 is 14.6 Å². The van der Waals surface area contributed by atoms with E-state index in [0.717, 1.165) is 32.5 Å². The van der Waals surface area contributed by atoms with Crippen LogP contribution in [0, 0.1) is 5.92 Å². The first-order chi connectivity index (χ1) is 12.1. The molecule has 0 aromatic heterocycles. The number of benzene rings is 1. The van der Waals surface area contributed by atoms with Crippen molar-refractivity contribution in [3.05, 3.63) is 29.8 Å². The van der Waals surface area contributed by atoms with Crippen LogP contribution in [0.1, 0.15) is 75.6 Å². The third-order valence-electron chi connectivity index (χ3n) is 4.23. The van der Waals surface area contributed by atoms with E-state index < -0.39 is 0 Å². The highest BCUT2D eigenvalue weighted by atomic mass is 16.5. The summed E-state index contributed by atoms with van der Waals surface area (Å²) >= 11 is 0. The molecule has 1 rings (SSSR count). The first-order valence-electron chi connectivity index (χ1n) is 9.67. The molecule has 0 radical (unpaired) electrons. The van der Waals surface area contributed by atoms with E-state index in [0.29, 0.717) is 18.1 Å². The van der Waals surface area contributed by atoms with Crippen molar-refractivity contribution in [1.29, 1.82) is 0 Å². The molecule has 0 spiro atoms. The molecule has 1 aromatic rings. The smallest absolute Gasteiger partial charge is 0.338 e. The van der Waals surface area contributed by atoms with Crippen LogP contribution in [0.15, 0.2) is 24.3 Å². The molecule has 1 N–H and O–H groups in total. The van der Waals surface area contributed by atoms with Crippen LogP contribution in [-0.2, 0) is 9.47 Å². The minimum absolute atomic E-state index is 0.144. The molecule has 0 saturated heterocycles. The molecule has 1 unspecified atom stereocenters. The maximum Gasteiger partial charge on any atom is 0.338 e. The second kappa shape index (κ2) is 13.7. The van der Waals surface area contributed by atoms with Gasteiger partial charge in [0.1, 0.15) is 5.75 Å². The van der Waals surface area contributed by atoms with Crippen molar-refractivity contribution >= 4 is 5.97 Å². The number of rotatable bonds is 14. The number of esters is 1. The van der Waals surface area contributed by atoms with Crippen LogP contribution in [0.2, 0.25) is 0 Å². The van der Waals surface area contributed by atoms with Crippen molar-refractivity contribution in [2.45, 2.75) is 65.2 Å². The summed E-state index contributed by atoms with van der Waals surface area (Å²) in [5.41, 5.74) is 0.465. The molecule has 0 aliphatic heterocycles. The highest BCUT2D eigenvalue weighted by Gasteiger charge is 2.10. The molecule has 142 valence electrons. The number of aromatic hydroxyl groups is 1. The quantitative estimate of drug-likeness (QED) is 0.363. The standard InChI is InChI=1S/C21H34O4/c1-3-4-5-6-7-8-15-24-16-9-10-18(2)17-25-21(23)19-11-13-20(22)14-12-19/h11-14,18,22H,3-10,15-17H2,1-2H3. The Morgan fingerprint density at radius 3 is 2.36 bits per heavy atom. The predicted octanol–water partition coefficient (Wildman–Crippen LogP) is 5.34. The van der Waals surface area contributed by atoms with Crippen LogP contribution >= 0.6 is 0 Å². The summed E-state index contributed by atoms with van der Waals surface area (Å²) < 4.78 is 11.0. The van der Waals surface area contributed by atoms with Crippen LogP contribution in [0.3, 0.4) is 0 Å². The lowest BCUT2D eigenvalue weighted by molar-refractivity contribution is 0.0434. The lowest BCUT2D eigenvalue weighted by Crippen LogP contribution is -2.12. The average molecular weight is 350 g/mol. The Morgan fingerprint density at radius 2 is 1.64 bits per heavy atom. The Bertz CT molecular complexity index is 455. The van der Waals surface area contributed by atoms with Crippen LogP contribution in [-0.4, -0.2) is 30.9 Å². The van der Waals surface area contributed by atoms with Crippen molar-refractivity contribution in [2.24, 2.45) is 5.92 Å². The molecular formula is C21H34O4. The second-order valence-corrected chi connectivity index (χ2v) is 6.77. The van der Waals surface area contributed by atoms with Crippen molar-refractivity contribution in [1.82, 2.24) is 0 Å². The number of unbranched alkanes of at least 4 members (excludes halogenated alkanes) is 5. The van der Waals surface area contributed by atoms with E-state index in [2.05, 4.69) is 13.8 Å². The van der Waals surface area contributed by atoms with E-state index in [1.165, 1.54) is 44.2 Å². The van der Waals surface area contributed by atoms with Crippen LogP contribution < -0.4 is 0 Å². The summed E-state index contributed by atoms with van der Waals surface area (Å²) in [5, 5.41) is 9.22. The van der Waals surface area contributed by atoms with Crippen LogP contribution in [0.25, 0.3) is 0 Å². The van der Waals surface area contributed by atoms with Gasteiger partial charge in [0.25, 0.3) is 0 Å². The van der Waals surface area contributed by atoms with E-state index in [-0.39, 0.29) is 11.7 Å². The summed E-state index contributed by atoms with van der Waals surface area (Å²) in [5.74, 6) is 0.121. The number of carbonyl (C=O) groups excluding carboxylic acids is 1. The van der Waals surface area contributed by atoms with Crippen LogP contribution in [0.4, 0.5) is 0 Å². The molecule has 0 bridgehead atoms. The fourth-order valence-corrected chi connectivity index (χ4v) is 2.60. The third kappa shape index (κ3) is 10.8. The minimum Gasteiger partial charge on any atom is -0.508 e. The minimum atomic E-state index is -0.342. The normalized spacial score (nSPS) is 12.1. The molecule has 4 nitrogen and oxygen atoms in total. The third-order valence-corrected chi connectivity index (χ3v) is 4.23. The molecule has 0 fully saturated rings. The number of hydrogen-bond donors (Lipinski definition) is 1. The van der Waals surface area contributed by atoms with Gasteiger partial charge in [0.2, 0.25) is 0 Å². The van der Waals surface area contributed by atoms with Crippen molar-refractivity contribution in [3.8, 4) is 5.75 Å². The summed E-state index contributed by atoms with van der Waals surface area (Å²) in [6.45, 7) is 6.37. The number of ether oxygens (including phenoxy) is 2. The zero-order chi connectivity index (χ0) is 18.3. The Hall–Kier alpha value is -1.55. The van der Waals surface area contributed by atoms with Crippen LogP contribution in [0.5, 0.6) is 5.75 Å². The molecule has 25 heavy (non-hydrogen) atoms. The molecule has 1 atom stereocenters. The Kier molecular flexibility index (Phi) is 11.8. The molecule has 0 saturated carbocycles. The van der Waals surface area contributed by atoms with Crippen molar-refractivity contribution in [2.75, 3.05) is 19.8 Å². The monoisotopic (exact) mass is 350 g/mol. The van der Waals surface area contributed by atoms with Gasteiger partial charge >= 0.3 is 5.97 Å². The molecule has 0 aliphatic rings. The maximum absolute atomic E-state index is 11.9. The van der Waals surface area contributed by atoms with Gasteiger partial charge in [-0.1, -0.05) is 46.0 Å². The Labute approximate surface area is 152 Å². The van der Waals surface area contributed by atoms with E-state index in [1.54, 1.807) is 12.1 Å². The fraction of sp³-hybridized carbons (Fsp3) is 0.667. The molecule has 0 amide bonds. The molecule has 1 aromatic carbocycles. The summed E-state index contributed by atoms with van der Waals surface area (Å²) in [6, 6.07) is 6.11. The highest BCUT2D eigenvalue weighted by Crippen LogP contribution is 2.12. The Balaban J connectivity index is 1.97. The zero-order valence-corrected chi connectivity index (χ0v) is 15.8. The fourth-order valence-electron chi connectivity index (χ4n) is 2.60. The number of carbonyl (C=O) groups is 1. The largest absolute Gasteiger partial charge is 0.508 e. The summed E-state index contributed by atoms with van der Waals surface area (Å²) in [6.07, 6.45) is 9.70. The lowest BCUT2D eigenvalue weighted by Gasteiger charge is -2.12. The lowest BCUT2D eigenvalue weighted by atomic mass is 10.1. The first-order valence-corrected chi connectivity index (χ1v) is 9.67. The van der Waals surface area contributed by atoms with Gasteiger partial charge in [0.15, 0.2) is 0 Å². The first kappa shape index (κ1) is 21.5. The van der Waals surface area contributed by atoms with Gasteiger partial charge in [-0.05, 0) is 49.4 Å². The predicted molar refractivity (Wildman–Crippen MR) is 101 cm³/mol. The number of phenolic OH excluding ortho intramolecular Hbond substituents is 1. The second-order valence-electron chi connectivity index (χ2n) is 6.77. The maximum atomic E-state index is 11.9. The summed E-state index contributed by atoms with van der Waals surface area (Å²) in [4.78, 5) is 11.9. The van der Waals surface area contributed by atoms with Gasteiger partial charge in [0, 0.05) is 13.2 Å². The van der Waals surface area contributed by atoms with Crippen molar-refractivity contribution < 1.29 is 19.4 Å². The van der Waals surface area contributed by atoms with Gasteiger partial charge in [-0.2, -0.15) is 0 Å². The SMILES string of the molecule is CCCCCCCCOCCCC(C)COC(=O)c1ccc(O)cc1. The van der Waals surface area contributed by atoms with Gasteiger partial charge in [-0.15, -0.1) is 0 Å². The highest BCUT2D eigenvalue weighted by molar-refractivity contribution is 5.89. The molecule has 0 aliphatic carbocycles. The Morgan fingerprint density at radius 1 is 1.00 bits per heavy atom. The zero-order valence-electron chi connectivity index (χ0n) is 15.8.